The van der Waals surface area contributed by atoms with E-state index in [-0.39, 0.29) is 24.5 Å². The van der Waals surface area contributed by atoms with Gasteiger partial charge in [0.05, 0.1) is 30.2 Å². The summed E-state index contributed by atoms with van der Waals surface area (Å²) in [6.45, 7) is 0.381. The fraction of sp³-hybridized carbons (Fsp3) is 0.200. The van der Waals surface area contributed by atoms with Crippen LogP contribution in [0.5, 0.6) is 0 Å². The van der Waals surface area contributed by atoms with Crippen molar-refractivity contribution in [3.8, 4) is 0 Å². The number of nitrogens with one attached hydrogen (secondary N) is 1. The quantitative estimate of drug-likeness (QED) is 0.683. The van der Waals surface area contributed by atoms with Gasteiger partial charge in [0, 0.05) is 9.58 Å². The first kappa shape index (κ1) is 17.1. The molecule has 2 N–H and O–H groups in total. The molecule has 2 aliphatic heterocycles. The molecule has 0 amide bonds. The van der Waals surface area contributed by atoms with Crippen LogP contribution in [0.15, 0.2) is 27.7 Å². The molecule has 1 aromatic rings. The van der Waals surface area contributed by atoms with Crippen molar-refractivity contribution in [1.29, 1.82) is 0 Å². The highest BCUT2D eigenvalue weighted by Crippen LogP contribution is 2.34. The molecule has 1 saturated heterocycles. The van der Waals surface area contributed by atoms with Crippen molar-refractivity contribution in [2.75, 3.05) is 18.5 Å². The number of halogens is 4. The van der Waals surface area contributed by atoms with Crippen LogP contribution in [0.2, 0.25) is 0 Å². The van der Waals surface area contributed by atoms with Gasteiger partial charge in [-0.15, -0.1) is 0 Å². The third kappa shape index (κ3) is 3.23. The lowest BCUT2D eigenvalue weighted by Gasteiger charge is -2.17. The molecule has 0 aliphatic carbocycles. The van der Waals surface area contributed by atoms with Crippen molar-refractivity contribution in [1.82, 2.24) is 0 Å². The maximum Gasteiger partial charge on any atom is 0.337 e. The number of benzene rings is 1. The molecule has 9 heteroatoms. The van der Waals surface area contributed by atoms with E-state index in [2.05, 4.69) is 5.32 Å². The molecular weight excluding hydrogens is 442 g/mol. The molecule has 0 spiro atoms. The number of rotatable bonds is 4. The van der Waals surface area contributed by atoms with Gasteiger partial charge in [-0.05, 0) is 16.2 Å². The summed E-state index contributed by atoms with van der Waals surface area (Å²) >= 11 is -0.571. The lowest BCUT2D eigenvalue weighted by atomic mass is 10.1. The molecule has 0 saturated carbocycles. The fourth-order valence-electron chi connectivity index (χ4n) is 2.21. The first-order chi connectivity index (χ1) is 11.5. The summed E-state index contributed by atoms with van der Waals surface area (Å²) in [7, 11) is 0. The van der Waals surface area contributed by atoms with Crippen molar-refractivity contribution >= 4 is 36.4 Å². The lowest BCUT2D eigenvalue weighted by Crippen LogP contribution is -2.14. The Kier molecular flexibility index (Phi) is 5.01. The summed E-state index contributed by atoms with van der Waals surface area (Å²) in [5.41, 5.74) is -1.66. The summed E-state index contributed by atoms with van der Waals surface area (Å²) in [6, 6.07) is 0.931. The first-order valence-electron chi connectivity index (χ1n) is 6.76. The largest absolute Gasteiger partial charge is 0.478 e. The number of hydrogen-bond acceptors (Lipinski definition) is 4. The van der Waals surface area contributed by atoms with Gasteiger partial charge in [-0.1, -0.05) is 20.7 Å². The van der Waals surface area contributed by atoms with Gasteiger partial charge < -0.3 is 19.9 Å². The van der Waals surface area contributed by atoms with Crippen LogP contribution in [0, 0.1) is 11.6 Å². The van der Waals surface area contributed by atoms with Crippen molar-refractivity contribution in [2.24, 2.45) is 0 Å². The van der Waals surface area contributed by atoms with Gasteiger partial charge in [0.15, 0.2) is 23.8 Å². The maximum atomic E-state index is 14.4. The Morgan fingerprint density at radius 2 is 1.96 bits per heavy atom. The highest BCUT2D eigenvalue weighted by molar-refractivity contribution is 14.2. The maximum absolute atomic E-state index is 14.4. The molecule has 0 aromatic heterocycles. The van der Waals surface area contributed by atoms with Gasteiger partial charge in [0.25, 0.3) is 0 Å². The topological polar surface area (TPSA) is 67.8 Å². The predicted molar refractivity (Wildman–Crippen MR) is 88.9 cm³/mol. The van der Waals surface area contributed by atoms with Crippen LogP contribution in [-0.2, 0) is 9.47 Å². The van der Waals surface area contributed by atoms with Gasteiger partial charge >= 0.3 is 5.97 Å². The minimum absolute atomic E-state index is 0.122. The number of hydrogen-bond donors (Lipinski definition) is 2. The molecule has 2 heterocycles. The zero-order chi connectivity index (χ0) is 17.3. The second-order valence-corrected chi connectivity index (χ2v) is 6.87. The molecule has 2 aliphatic rings. The van der Waals surface area contributed by atoms with E-state index < -0.39 is 61.7 Å². The Hall–Kier alpha value is -1.72. The Morgan fingerprint density at radius 3 is 2.58 bits per heavy atom. The minimum Gasteiger partial charge on any atom is -0.478 e. The number of anilines is 1. The van der Waals surface area contributed by atoms with Crippen LogP contribution < -0.4 is 5.32 Å². The van der Waals surface area contributed by atoms with Crippen LogP contribution in [0.3, 0.4) is 0 Å². The van der Waals surface area contributed by atoms with Crippen molar-refractivity contribution in [2.45, 2.75) is 6.29 Å². The second kappa shape index (κ2) is 7.03. The second-order valence-electron chi connectivity index (χ2n) is 4.81. The fourth-order valence-corrected chi connectivity index (χ4v) is 3.64. The van der Waals surface area contributed by atoms with E-state index in [0.717, 1.165) is 6.07 Å². The Balaban J connectivity index is 2.08. The molecule has 1 aromatic carbocycles. The highest BCUT2D eigenvalue weighted by atomic mass is 127. The molecule has 128 valence electrons. The van der Waals surface area contributed by atoms with E-state index in [9.17, 15) is 23.1 Å². The molecule has 0 radical (unpaired) electrons. The number of allylic oxidation sites excluding steroid dienone is 2. The van der Waals surface area contributed by atoms with Crippen LogP contribution >= 0.6 is 20.7 Å². The molecule has 0 atom stereocenters. The molecular formula is C15H11F3INO4. The predicted octanol–water partition coefficient (Wildman–Crippen LogP) is 3.60. The summed E-state index contributed by atoms with van der Waals surface area (Å²) in [4.78, 5) is 11.4. The smallest absolute Gasteiger partial charge is 0.337 e. The van der Waals surface area contributed by atoms with Crippen molar-refractivity contribution in [3.63, 3.8) is 0 Å². The first-order valence-corrected chi connectivity index (χ1v) is 9.25. The van der Waals surface area contributed by atoms with Crippen molar-refractivity contribution < 1.29 is 32.5 Å². The van der Waals surface area contributed by atoms with E-state index >= 15 is 0 Å². The van der Waals surface area contributed by atoms with Gasteiger partial charge in [0.1, 0.15) is 0 Å². The van der Waals surface area contributed by atoms with E-state index in [1.807, 2.05) is 0 Å². The zero-order valence-corrected chi connectivity index (χ0v) is 14.1. The highest BCUT2D eigenvalue weighted by Gasteiger charge is 2.29. The third-order valence-electron chi connectivity index (χ3n) is 3.32. The van der Waals surface area contributed by atoms with Gasteiger partial charge in [-0.3, -0.25) is 0 Å². The normalized spacial score (nSPS) is 18.0. The average molecular weight is 453 g/mol. The van der Waals surface area contributed by atoms with E-state index in [1.54, 1.807) is 4.08 Å². The summed E-state index contributed by atoms with van der Waals surface area (Å²) in [6.07, 6.45) is 0.207. The summed E-state index contributed by atoms with van der Waals surface area (Å²) in [5.74, 6) is -4.86. The summed E-state index contributed by atoms with van der Waals surface area (Å²) in [5, 5.41) is 11.6. The number of aromatic carboxylic acids is 1. The van der Waals surface area contributed by atoms with Crippen molar-refractivity contribution in [3.05, 3.63) is 50.5 Å². The van der Waals surface area contributed by atoms with E-state index in [1.165, 1.54) is 10.1 Å². The molecule has 24 heavy (non-hydrogen) atoms. The number of carboxylic acids is 1. The van der Waals surface area contributed by atoms with Crippen LogP contribution in [-0.4, -0.2) is 28.3 Å². The Morgan fingerprint density at radius 1 is 1.25 bits per heavy atom. The molecule has 1 fully saturated rings. The average Bonchev–Trinajstić information content (AvgIpc) is 3.08. The van der Waals surface area contributed by atoms with Gasteiger partial charge in [-0.25, -0.2) is 18.0 Å². The lowest BCUT2D eigenvalue weighted by molar-refractivity contribution is -0.0468. The molecule has 3 rings (SSSR count). The number of carboxylic acid groups (broad SMARTS) is 1. The molecule has 5 nitrogen and oxygen atoms in total. The Labute approximate surface area is 144 Å². The Bertz CT molecular complexity index is 785. The van der Waals surface area contributed by atoms with E-state index in [4.69, 9.17) is 9.47 Å². The standard InChI is InChI=1S/C15H11F3INO4/c16-9-6-19-2-1-10(9)20-13-8(14(21)22)5-7(11(17)12(13)18)15-23-3-4-24-15/h1-2,5-6,15,20H,3-4H2,(H,21,22). The molecule has 0 bridgehead atoms. The number of ether oxygens (including phenoxy) is 2. The third-order valence-corrected chi connectivity index (χ3v) is 5.00. The SMILES string of the molecule is O=C(O)c1cc(C2OCCO2)c(F)c(F)c1NC1=C(F)C=IC=C1. The van der Waals surface area contributed by atoms with E-state index in [0.29, 0.717) is 0 Å². The van der Waals surface area contributed by atoms with Crippen LogP contribution in [0.4, 0.5) is 18.9 Å². The summed E-state index contributed by atoms with van der Waals surface area (Å²) < 4.78 is 55.7. The molecule has 0 unspecified atom stereocenters. The van der Waals surface area contributed by atoms with Gasteiger partial charge in [0.2, 0.25) is 0 Å². The minimum atomic E-state index is -1.49. The van der Waals surface area contributed by atoms with Crippen LogP contribution in [0.1, 0.15) is 22.2 Å². The van der Waals surface area contributed by atoms with Crippen LogP contribution in [0.25, 0.3) is 0 Å². The number of carbonyl (C=O) groups is 1. The monoisotopic (exact) mass is 453 g/mol. The van der Waals surface area contributed by atoms with Gasteiger partial charge in [-0.2, -0.15) is 0 Å². The zero-order valence-electron chi connectivity index (χ0n) is 12.0.